The van der Waals surface area contributed by atoms with Crippen molar-refractivity contribution in [1.82, 2.24) is 9.21 Å². The van der Waals surface area contributed by atoms with Crippen LogP contribution in [0.2, 0.25) is 0 Å². The van der Waals surface area contributed by atoms with E-state index >= 15 is 0 Å². The molecule has 0 saturated carbocycles. The Hall–Kier alpha value is -3.75. The van der Waals surface area contributed by atoms with Crippen molar-refractivity contribution >= 4 is 22.0 Å². The molecule has 37 heavy (non-hydrogen) atoms. The molecule has 0 aliphatic carbocycles. The maximum Gasteiger partial charge on any atom is 0.241 e. The van der Waals surface area contributed by atoms with Crippen molar-refractivity contribution in [1.29, 1.82) is 0 Å². The summed E-state index contributed by atoms with van der Waals surface area (Å²) in [4.78, 5) is 15.5. The minimum absolute atomic E-state index is 0.0470. The maximum absolute atomic E-state index is 13.9. The van der Waals surface area contributed by atoms with Crippen molar-refractivity contribution in [2.24, 2.45) is 0 Å². The van der Waals surface area contributed by atoms with E-state index in [9.17, 15) is 17.6 Å². The van der Waals surface area contributed by atoms with E-state index in [-0.39, 0.29) is 24.8 Å². The van der Waals surface area contributed by atoms with Gasteiger partial charge in [-0.05, 0) is 54.0 Å². The van der Waals surface area contributed by atoms with Crippen LogP contribution in [0.1, 0.15) is 29.7 Å². The molecule has 0 aromatic heterocycles. The summed E-state index contributed by atoms with van der Waals surface area (Å²) in [6.07, 6.45) is 5.12. The standard InChI is InChI=1S/C29H29FN2O4S/c1-22-29(33)31(21-24-10-14-26(30)15-11-24)28(25-12-16-27(36-2)17-13-25)9-6-19-32(22)37(34,35)20-18-23-7-4-3-5-8-23/h3-18,20,22,28H,19,21H2,1-2H3/b9-6-,20-18+/t22-,28+/m0/s1. The van der Waals surface area contributed by atoms with Crippen LogP contribution in [-0.2, 0) is 21.4 Å². The lowest BCUT2D eigenvalue weighted by Crippen LogP contribution is -2.50. The summed E-state index contributed by atoms with van der Waals surface area (Å²) in [6.45, 7) is 1.82. The van der Waals surface area contributed by atoms with Gasteiger partial charge in [-0.2, -0.15) is 4.31 Å². The van der Waals surface area contributed by atoms with E-state index in [1.165, 1.54) is 22.5 Å². The Labute approximate surface area is 217 Å². The molecule has 6 nitrogen and oxygen atoms in total. The second-order valence-corrected chi connectivity index (χ2v) is 10.5. The average molecular weight is 521 g/mol. The molecule has 192 valence electrons. The molecule has 3 aromatic rings. The lowest BCUT2D eigenvalue weighted by atomic mass is 10.0. The topological polar surface area (TPSA) is 66.9 Å². The van der Waals surface area contributed by atoms with Crippen molar-refractivity contribution in [3.8, 4) is 5.75 Å². The van der Waals surface area contributed by atoms with Gasteiger partial charge in [-0.1, -0.05) is 66.7 Å². The zero-order valence-electron chi connectivity index (χ0n) is 20.7. The van der Waals surface area contributed by atoms with E-state index in [0.717, 1.165) is 22.1 Å². The van der Waals surface area contributed by atoms with E-state index in [2.05, 4.69) is 0 Å². The fraction of sp³-hybridized carbons (Fsp3) is 0.207. The first-order valence-electron chi connectivity index (χ1n) is 11.9. The number of amides is 1. The number of nitrogens with zero attached hydrogens (tertiary/aromatic N) is 2. The molecule has 2 atom stereocenters. The third kappa shape index (κ3) is 6.34. The van der Waals surface area contributed by atoms with Gasteiger partial charge in [0.15, 0.2) is 0 Å². The minimum Gasteiger partial charge on any atom is -0.497 e. The van der Waals surface area contributed by atoms with Crippen LogP contribution in [-0.4, -0.2) is 43.2 Å². The molecule has 0 bridgehead atoms. The van der Waals surface area contributed by atoms with Gasteiger partial charge < -0.3 is 9.64 Å². The van der Waals surface area contributed by atoms with Crippen molar-refractivity contribution in [3.63, 3.8) is 0 Å². The first-order chi connectivity index (χ1) is 17.8. The van der Waals surface area contributed by atoms with Crippen molar-refractivity contribution in [2.75, 3.05) is 13.7 Å². The van der Waals surface area contributed by atoms with E-state index < -0.39 is 22.1 Å². The fourth-order valence-corrected chi connectivity index (χ4v) is 5.55. The second-order valence-electron chi connectivity index (χ2n) is 8.74. The molecule has 0 fully saturated rings. The highest BCUT2D eigenvalue weighted by molar-refractivity contribution is 7.92. The summed E-state index contributed by atoms with van der Waals surface area (Å²) in [6, 6.07) is 21.0. The number of halogens is 1. The zero-order chi connectivity index (χ0) is 26.4. The third-order valence-corrected chi connectivity index (χ3v) is 7.89. The first kappa shape index (κ1) is 26.3. The van der Waals surface area contributed by atoms with E-state index in [1.807, 2.05) is 48.5 Å². The van der Waals surface area contributed by atoms with Crippen LogP contribution in [0.4, 0.5) is 4.39 Å². The first-order valence-corrected chi connectivity index (χ1v) is 13.4. The van der Waals surface area contributed by atoms with Gasteiger partial charge in [0.2, 0.25) is 15.9 Å². The number of methoxy groups -OCH3 is 1. The Bertz CT molecular complexity index is 1370. The summed E-state index contributed by atoms with van der Waals surface area (Å²) in [7, 11) is -2.33. The van der Waals surface area contributed by atoms with Crippen molar-refractivity contribution in [2.45, 2.75) is 25.6 Å². The van der Waals surface area contributed by atoms with Gasteiger partial charge in [0.1, 0.15) is 17.6 Å². The molecule has 1 aliphatic rings. The molecule has 8 heteroatoms. The van der Waals surface area contributed by atoms with E-state index in [4.69, 9.17) is 4.74 Å². The number of ether oxygens (including phenoxy) is 1. The lowest BCUT2D eigenvalue weighted by molar-refractivity contribution is -0.137. The number of benzene rings is 3. The molecule has 0 N–H and O–H groups in total. The minimum atomic E-state index is -3.91. The molecule has 1 aliphatic heterocycles. The Morgan fingerprint density at radius 3 is 2.32 bits per heavy atom. The number of sulfonamides is 1. The summed E-state index contributed by atoms with van der Waals surface area (Å²) in [5.74, 6) is -0.0396. The van der Waals surface area contributed by atoms with Crippen LogP contribution < -0.4 is 4.74 Å². The van der Waals surface area contributed by atoms with Gasteiger partial charge in [-0.25, -0.2) is 12.8 Å². The normalized spacial score (nSPS) is 20.0. The van der Waals surface area contributed by atoms with Gasteiger partial charge in [0.05, 0.1) is 13.2 Å². The summed E-state index contributed by atoms with van der Waals surface area (Å²) >= 11 is 0. The summed E-state index contributed by atoms with van der Waals surface area (Å²) in [5, 5.41) is 1.13. The van der Waals surface area contributed by atoms with Crippen LogP contribution in [0.15, 0.2) is 96.4 Å². The van der Waals surface area contributed by atoms with Gasteiger partial charge in [0.25, 0.3) is 0 Å². The van der Waals surface area contributed by atoms with Crippen LogP contribution >= 0.6 is 0 Å². The highest BCUT2D eigenvalue weighted by Gasteiger charge is 2.36. The Morgan fingerprint density at radius 1 is 1.00 bits per heavy atom. The maximum atomic E-state index is 13.9. The monoisotopic (exact) mass is 520 g/mol. The summed E-state index contributed by atoms with van der Waals surface area (Å²) in [5.41, 5.74) is 2.32. The number of carbonyl (C=O) groups excluding carboxylic acids is 1. The molecular formula is C29H29FN2O4S. The molecule has 3 aromatic carbocycles. The number of hydrogen-bond acceptors (Lipinski definition) is 4. The highest BCUT2D eigenvalue weighted by atomic mass is 32.2. The van der Waals surface area contributed by atoms with Crippen LogP contribution in [0.25, 0.3) is 6.08 Å². The predicted octanol–water partition coefficient (Wildman–Crippen LogP) is 5.17. The van der Waals surface area contributed by atoms with Gasteiger partial charge >= 0.3 is 0 Å². The lowest BCUT2D eigenvalue weighted by Gasteiger charge is -2.37. The number of carbonyl (C=O) groups is 1. The zero-order valence-corrected chi connectivity index (χ0v) is 21.5. The van der Waals surface area contributed by atoms with E-state index in [0.29, 0.717) is 5.75 Å². The van der Waals surface area contributed by atoms with Crippen LogP contribution in [0.3, 0.4) is 0 Å². The molecule has 4 rings (SSSR count). The Morgan fingerprint density at radius 2 is 1.68 bits per heavy atom. The average Bonchev–Trinajstić information content (AvgIpc) is 2.91. The van der Waals surface area contributed by atoms with Crippen molar-refractivity contribution in [3.05, 3.63) is 119 Å². The van der Waals surface area contributed by atoms with Gasteiger partial charge in [0, 0.05) is 18.5 Å². The molecule has 1 heterocycles. The molecule has 1 amide bonds. The number of hydrogen-bond donors (Lipinski definition) is 0. The smallest absolute Gasteiger partial charge is 0.241 e. The molecule has 0 spiro atoms. The SMILES string of the molecule is COc1ccc([C@H]2/C=C\CN(S(=O)(=O)/C=C/c3ccccc3)[C@@H](C)C(=O)N2Cc2ccc(F)cc2)cc1. The predicted molar refractivity (Wildman–Crippen MR) is 142 cm³/mol. The Kier molecular flexibility index (Phi) is 8.21. The highest BCUT2D eigenvalue weighted by Crippen LogP contribution is 2.30. The fourth-order valence-electron chi connectivity index (χ4n) is 4.24. The van der Waals surface area contributed by atoms with Crippen molar-refractivity contribution < 1.29 is 22.3 Å². The second kappa shape index (κ2) is 11.5. The number of rotatable bonds is 7. The molecule has 0 radical (unpaired) electrons. The van der Waals surface area contributed by atoms with E-state index in [1.54, 1.807) is 49.3 Å². The summed E-state index contributed by atoms with van der Waals surface area (Å²) < 4.78 is 46.6. The quantitative estimate of drug-likeness (QED) is 0.404. The molecule has 0 saturated heterocycles. The largest absolute Gasteiger partial charge is 0.497 e. The third-order valence-electron chi connectivity index (χ3n) is 6.29. The molecular weight excluding hydrogens is 491 g/mol. The van der Waals surface area contributed by atoms with Crippen LogP contribution in [0, 0.1) is 5.82 Å². The molecule has 0 unspecified atom stereocenters. The Balaban J connectivity index is 1.70. The van der Waals surface area contributed by atoms with Gasteiger partial charge in [-0.3, -0.25) is 4.79 Å². The van der Waals surface area contributed by atoms with Crippen LogP contribution in [0.5, 0.6) is 5.75 Å². The van der Waals surface area contributed by atoms with Gasteiger partial charge in [-0.15, -0.1) is 0 Å².